The van der Waals surface area contributed by atoms with Gasteiger partial charge in [-0.25, -0.2) is 9.48 Å². The zero-order valence-corrected chi connectivity index (χ0v) is 17.0. The molecule has 1 atom stereocenters. The fourth-order valence-electron chi connectivity index (χ4n) is 3.79. The summed E-state index contributed by atoms with van der Waals surface area (Å²) in [4.78, 5) is 27.1. The van der Waals surface area contributed by atoms with Crippen molar-refractivity contribution in [2.24, 2.45) is 7.05 Å². The second kappa shape index (κ2) is 7.33. The molecule has 2 heterocycles. The molecule has 3 rings (SSSR count). The van der Waals surface area contributed by atoms with Gasteiger partial charge in [-0.3, -0.25) is 9.36 Å². The maximum atomic E-state index is 13.0. The van der Waals surface area contributed by atoms with Crippen LogP contribution in [-0.2, 0) is 19.0 Å². The number of benzene rings is 1. The van der Waals surface area contributed by atoms with Crippen LogP contribution >= 0.6 is 0 Å². The van der Waals surface area contributed by atoms with Crippen LogP contribution in [0.2, 0.25) is 0 Å². The van der Waals surface area contributed by atoms with Gasteiger partial charge in [0, 0.05) is 38.2 Å². The van der Waals surface area contributed by atoms with E-state index in [-0.39, 0.29) is 22.9 Å². The third-order valence-corrected chi connectivity index (χ3v) is 5.42. The lowest BCUT2D eigenvalue weighted by atomic mass is 9.86. The first-order valence-electron chi connectivity index (χ1n) is 9.76. The number of carbonyl (C=O) groups is 1. The highest BCUT2D eigenvalue weighted by atomic mass is 16.2. The van der Waals surface area contributed by atoms with Crippen LogP contribution < -0.4 is 5.69 Å². The van der Waals surface area contributed by atoms with Crippen LogP contribution in [0, 0.1) is 0 Å². The van der Waals surface area contributed by atoms with Gasteiger partial charge in [-0.05, 0) is 42.9 Å². The average Bonchev–Trinajstić information content (AvgIpc) is 2.95. The first-order valence-corrected chi connectivity index (χ1v) is 9.76. The summed E-state index contributed by atoms with van der Waals surface area (Å²) in [6, 6.07) is 7.94. The molecule has 1 amide bonds. The van der Waals surface area contributed by atoms with E-state index in [9.17, 15) is 9.59 Å². The summed E-state index contributed by atoms with van der Waals surface area (Å²) in [5.74, 6) is 0.956. The van der Waals surface area contributed by atoms with Gasteiger partial charge in [0.1, 0.15) is 5.82 Å². The summed E-state index contributed by atoms with van der Waals surface area (Å²) in [6.45, 7) is 10.4. The van der Waals surface area contributed by atoms with Crippen molar-refractivity contribution in [3.63, 3.8) is 0 Å². The quantitative estimate of drug-likeness (QED) is 0.835. The van der Waals surface area contributed by atoms with Crippen LogP contribution in [0.15, 0.2) is 29.1 Å². The Labute approximate surface area is 160 Å². The summed E-state index contributed by atoms with van der Waals surface area (Å²) >= 11 is 0. The molecule has 0 spiro atoms. The van der Waals surface area contributed by atoms with E-state index in [0.717, 1.165) is 30.8 Å². The minimum atomic E-state index is -0.0891. The number of likely N-dealkylation sites (tertiary alicyclic amines) is 1. The van der Waals surface area contributed by atoms with Crippen LogP contribution in [-0.4, -0.2) is 38.2 Å². The third-order valence-electron chi connectivity index (χ3n) is 5.42. The predicted octanol–water partition coefficient (Wildman–Crippen LogP) is 2.92. The Balaban J connectivity index is 1.79. The van der Waals surface area contributed by atoms with Crippen LogP contribution in [0.4, 0.5) is 0 Å². The Hall–Kier alpha value is -2.37. The summed E-state index contributed by atoms with van der Waals surface area (Å²) in [6.07, 6.45) is 1.87. The number of aromatic nitrogens is 3. The van der Waals surface area contributed by atoms with Gasteiger partial charge < -0.3 is 4.90 Å². The molecular weight excluding hydrogens is 340 g/mol. The van der Waals surface area contributed by atoms with E-state index in [0.29, 0.717) is 13.1 Å². The number of carbonyl (C=O) groups excluding carboxylic acids is 1. The number of hydrogen-bond acceptors (Lipinski definition) is 3. The first-order chi connectivity index (χ1) is 12.7. The monoisotopic (exact) mass is 370 g/mol. The van der Waals surface area contributed by atoms with E-state index in [4.69, 9.17) is 0 Å². The Morgan fingerprint density at radius 2 is 1.89 bits per heavy atom. The first kappa shape index (κ1) is 19.4. The van der Waals surface area contributed by atoms with Crippen molar-refractivity contribution in [1.29, 1.82) is 0 Å². The lowest BCUT2D eigenvalue weighted by Crippen LogP contribution is -2.40. The average molecular weight is 370 g/mol. The van der Waals surface area contributed by atoms with Gasteiger partial charge in [0.15, 0.2) is 0 Å². The Bertz CT molecular complexity index is 871. The number of piperidine rings is 1. The highest BCUT2D eigenvalue weighted by Gasteiger charge is 2.29. The molecule has 27 heavy (non-hydrogen) atoms. The molecule has 1 saturated heterocycles. The second-order valence-electron chi connectivity index (χ2n) is 8.43. The van der Waals surface area contributed by atoms with E-state index in [1.54, 1.807) is 11.6 Å². The van der Waals surface area contributed by atoms with E-state index in [1.165, 1.54) is 10.2 Å². The summed E-state index contributed by atoms with van der Waals surface area (Å²) in [5.41, 5.74) is 1.92. The molecule has 0 radical (unpaired) electrons. The van der Waals surface area contributed by atoms with Crippen molar-refractivity contribution in [2.45, 2.75) is 58.4 Å². The number of amides is 1. The molecule has 0 bridgehead atoms. The lowest BCUT2D eigenvalue weighted by Gasteiger charge is -2.32. The van der Waals surface area contributed by atoms with Crippen molar-refractivity contribution in [3.8, 4) is 0 Å². The van der Waals surface area contributed by atoms with Gasteiger partial charge in [-0.15, -0.1) is 0 Å². The second-order valence-corrected chi connectivity index (χ2v) is 8.43. The Kier molecular flexibility index (Phi) is 5.27. The zero-order valence-electron chi connectivity index (χ0n) is 17.0. The van der Waals surface area contributed by atoms with Gasteiger partial charge >= 0.3 is 5.69 Å². The van der Waals surface area contributed by atoms with E-state index in [1.807, 2.05) is 36.1 Å². The fourth-order valence-corrected chi connectivity index (χ4v) is 3.79. The summed E-state index contributed by atoms with van der Waals surface area (Å²) in [7, 11) is 1.68. The summed E-state index contributed by atoms with van der Waals surface area (Å²) < 4.78 is 3.11. The van der Waals surface area contributed by atoms with Crippen molar-refractivity contribution >= 4 is 5.91 Å². The Morgan fingerprint density at radius 3 is 2.48 bits per heavy atom. The number of hydrogen-bond donors (Lipinski definition) is 0. The van der Waals surface area contributed by atoms with Crippen LogP contribution in [0.5, 0.6) is 0 Å². The van der Waals surface area contributed by atoms with Crippen molar-refractivity contribution in [1.82, 2.24) is 19.2 Å². The van der Waals surface area contributed by atoms with Gasteiger partial charge in [-0.1, -0.05) is 32.9 Å². The maximum Gasteiger partial charge on any atom is 0.345 e. The van der Waals surface area contributed by atoms with Gasteiger partial charge in [-0.2, -0.15) is 5.10 Å². The molecule has 2 aromatic rings. The molecule has 1 aliphatic heterocycles. The third kappa shape index (κ3) is 3.84. The molecule has 0 aliphatic carbocycles. The smallest absolute Gasteiger partial charge is 0.338 e. The van der Waals surface area contributed by atoms with Crippen LogP contribution in [0.1, 0.15) is 68.2 Å². The number of nitrogens with zero attached hydrogens (tertiary/aromatic N) is 4. The van der Waals surface area contributed by atoms with E-state index in [2.05, 4.69) is 25.9 Å². The van der Waals surface area contributed by atoms with Crippen molar-refractivity contribution in [2.75, 3.05) is 13.1 Å². The van der Waals surface area contributed by atoms with Crippen LogP contribution in [0.3, 0.4) is 0 Å². The van der Waals surface area contributed by atoms with Gasteiger partial charge in [0.05, 0.1) is 0 Å². The zero-order chi connectivity index (χ0) is 19.8. The number of aryl methyl sites for hydroxylation is 1. The molecule has 0 unspecified atom stereocenters. The molecule has 1 aromatic carbocycles. The van der Waals surface area contributed by atoms with E-state index >= 15 is 0 Å². The highest BCUT2D eigenvalue weighted by molar-refractivity contribution is 5.94. The normalized spacial score (nSPS) is 18.0. The lowest BCUT2D eigenvalue weighted by molar-refractivity contribution is 0.0703. The number of rotatable bonds is 3. The predicted molar refractivity (Wildman–Crippen MR) is 106 cm³/mol. The standard InChI is InChI=1S/C21H30N4O2/c1-6-25-18(22-23(5)20(25)27)16-8-7-13-24(14-16)19(26)15-9-11-17(12-10-15)21(2,3)4/h9-12,16H,6-8,13-14H2,1-5H3/t16-/m1/s1. The van der Waals surface area contributed by atoms with Crippen molar-refractivity contribution < 1.29 is 4.79 Å². The topological polar surface area (TPSA) is 60.1 Å². The molecule has 146 valence electrons. The summed E-state index contributed by atoms with van der Waals surface area (Å²) in [5, 5.41) is 4.44. The molecule has 1 aliphatic rings. The largest absolute Gasteiger partial charge is 0.345 e. The SMILES string of the molecule is CCn1c([C@@H]2CCCN(C(=O)c3ccc(C(C)(C)C)cc3)C2)nn(C)c1=O. The van der Waals surface area contributed by atoms with Gasteiger partial charge in [0.25, 0.3) is 5.91 Å². The molecule has 0 N–H and O–H groups in total. The fraction of sp³-hybridized carbons (Fsp3) is 0.571. The minimum absolute atomic E-state index is 0.0569. The Morgan fingerprint density at radius 1 is 1.22 bits per heavy atom. The molecular formula is C21H30N4O2. The van der Waals surface area contributed by atoms with E-state index < -0.39 is 0 Å². The molecule has 0 saturated carbocycles. The molecule has 1 aromatic heterocycles. The maximum absolute atomic E-state index is 13.0. The minimum Gasteiger partial charge on any atom is -0.338 e. The van der Waals surface area contributed by atoms with Crippen LogP contribution in [0.25, 0.3) is 0 Å². The molecule has 6 heteroatoms. The molecule has 1 fully saturated rings. The van der Waals surface area contributed by atoms with Crippen molar-refractivity contribution in [3.05, 3.63) is 51.7 Å². The highest BCUT2D eigenvalue weighted by Crippen LogP contribution is 2.27. The molecule has 6 nitrogen and oxygen atoms in total. The van der Waals surface area contributed by atoms with Gasteiger partial charge in [0.2, 0.25) is 0 Å².